The van der Waals surface area contributed by atoms with Crippen LogP contribution in [0.25, 0.3) is 0 Å². The number of piperidine rings is 1. The second kappa shape index (κ2) is 8.69. The maximum absolute atomic E-state index is 9.53. The Morgan fingerprint density at radius 1 is 1.00 bits per heavy atom. The normalized spacial score (nSPS) is 16.2. The fraction of sp³-hybridized carbons (Fsp3) is 0.458. The van der Waals surface area contributed by atoms with Gasteiger partial charge in [0.2, 0.25) is 0 Å². The molecule has 0 aromatic heterocycles. The maximum Gasteiger partial charge on any atom is 0.0769 e. The molecule has 1 saturated heterocycles. The van der Waals surface area contributed by atoms with Gasteiger partial charge in [-0.05, 0) is 74.4 Å². The van der Waals surface area contributed by atoms with Crippen molar-refractivity contribution in [3.8, 4) is 6.07 Å². The van der Waals surface area contributed by atoms with Gasteiger partial charge in [0.1, 0.15) is 0 Å². The third-order valence-corrected chi connectivity index (χ3v) is 5.87. The summed E-state index contributed by atoms with van der Waals surface area (Å²) in [5, 5.41) is 19.0. The van der Waals surface area contributed by atoms with Gasteiger partial charge in [-0.2, -0.15) is 5.26 Å². The van der Waals surface area contributed by atoms with E-state index in [4.69, 9.17) is 0 Å². The summed E-state index contributed by atoms with van der Waals surface area (Å²) in [6, 6.07) is 19.0. The lowest BCUT2D eigenvalue weighted by Gasteiger charge is -2.33. The molecule has 0 saturated carbocycles. The highest BCUT2D eigenvalue weighted by Crippen LogP contribution is 2.29. The van der Waals surface area contributed by atoms with Gasteiger partial charge in [0.05, 0.1) is 18.1 Å². The first kappa shape index (κ1) is 19.6. The molecule has 1 N–H and O–H groups in total. The number of nitrogens with zero attached hydrogens (tertiary/aromatic N) is 2. The molecule has 0 atom stereocenters. The number of benzene rings is 2. The SMILES string of the molecule is CC(C)(C#N)c1ccccc1CN1CCC(Cc2ccccc2CO)CC1. The lowest BCUT2D eigenvalue weighted by molar-refractivity contribution is 0.176. The molecule has 2 aromatic carbocycles. The molecule has 0 radical (unpaired) electrons. The van der Waals surface area contributed by atoms with Crippen LogP contribution >= 0.6 is 0 Å². The van der Waals surface area contributed by atoms with E-state index in [1.165, 1.54) is 24.0 Å². The Hall–Kier alpha value is -2.15. The van der Waals surface area contributed by atoms with Crippen molar-refractivity contribution in [1.29, 1.82) is 5.26 Å². The van der Waals surface area contributed by atoms with E-state index in [1.807, 2.05) is 32.0 Å². The highest BCUT2D eigenvalue weighted by molar-refractivity contribution is 5.37. The van der Waals surface area contributed by atoms with E-state index in [9.17, 15) is 10.4 Å². The summed E-state index contributed by atoms with van der Waals surface area (Å²) in [6.45, 7) is 7.22. The molecule has 142 valence electrons. The number of likely N-dealkylation sites (tertiary alicyclic amines) is 1. The predicted octanol–water partition coefficient (Wildman–Crippen LogP) is 4.43. The van der Waals surface area contributed by atoms with Crippen molar-refractivity contribution >= 4 is 0 Å². The van der Waals surface area contributed by atoms with E-state index in [0.29, 0.717) is 5.92 Å². The number of hydrogen-bond acceptors (Lipinski definition) is 3. The smallest absolute Gasteiger partial charge is 0.0769 e. The van der Waals surface area contributed by atoms with Gasteiger partial charge in [0.15, 0.2) is 0 Å². The van der Waals surface area contributed by atoms with Crippen molar-refractivity contribution in [3.05, 3.63) is 70.8 Å². The second-order valence-corrected chi connectivity index (χ2v) is 8.24. The van der Waals surface area contributed by atoms with Crippen molar-refractivity contribution in [1.82, 2.24) is 4.90 Å². The van der Waals surface area contributed by atoms with E-state index >= 15 is 0 Å². The maximum atomic E-state index is 9.53. The van der Waals surface area contributed by atoms with E-state index < -0.39 is 5.41 Å². The average Bonchev–Trinajstić information content (AvgIpc) is 2.70. The van der Waals surface area contributed by atoms with E-state index in [-0.39, 0.29) is 6.61 Å². The molecule has 27 heavy (non-hydrogen) atoms. The van der Waals surface area contributed by atoms with Crippen LogP contribution in [0.5, 0.6) is 0 Å². The molecular formula is C24H30N2O. The van der Waals surface area contributed by atoms with Crippen LogP contribution in [0.4, 0.5) is 0 Å². The summed E-state index contributed by atoms with van der Waals surface area (Å²) in [5.74, 6) is 0.680. The number of aliphatic hydroxyl groups excluding tert-OH is 1. The minimum absolute atomic E-state index is 0.125. The summed E-state index contributed by atoms with van der Waals surface area (Å²) in [7, 11) is 0. The first-order valence-electron chi connectivity index (χ1n) is 9.93. The van der Waals surface area contributed by atoms with Crippen LogP contribution in [0.15, 0.2) is 48.5 Å². The molecule has 3 rings (SSSR count). The fourth-order valence-electron chi connectivity index (χ4n) is 4.14. The molecule has 3 nitrogen and oxygen atoms in total. The zero-order valence-electron chi connectivity index (χ0n) is 16.5. The molecule has 1 fully saturated rings. The number of aliphatic hydroxyl groups is 1. The first-order chi connectivity index (χ1) is 13.0. The van der Waals surface area contributed by atoms with Gasteiger partial charge in [-0.1, -0.05) is 48.5 Å². The molecular weight excluding hydrogens is 332 g/mol. The highest BCUT2D eigenvalue weighted by atomic mass is 16.3. The summed E-state index contributed by atoms with van der Waals surface area (Å²) in [6.07, 6.45) is 3.43. The molecule has 1 aliphatic heterocycles. The van der Waals surface area contributed by atoms with Crippen molar-refractivity contribution in [2.75, 3.05) is 13.1 Å². The molecule has 0 aliphatic carbocycles. The monoisotopic (exact) mass is 362 g/mol. The van der Waals surface area contributed by atoms with Crippen molar-refractivity contribution < 1.29 is 5.11 Å². The van der Waals surface area contributed by atoms with Crippen LogP contribution in [0.2, 0.25) is 0 Å². The van der Waals surface area contributed by atoms with Crippen LogP contribution in [0, 0.1) is 17.2 Å². The third-order valence-electron chi connectivity index (χ3n) is 5.87. The van der Waals surface area contributed by atoms with Crippen LogP contribution in [-0.2, 0) is 25.0 Å². The Balaban J connectivity index is 1.60. The fourth-order valence-corrected chi connectivity index (χ4v) is 4.14. The summed E-state index contributed by atoms with van der Waals surface area (Å²) >= 11 is 0. The summed E-state index contributed by atoms with van der Waals surface area (Å²) in [5.41, 5.74) is 4.31. The molecule has 1 heterocycles. The number of nitriles is 1. The Labute approximate surface area is 163 Å². The van der Waals surface area contributed by atoms with Crippen LogP contribution < -0.4 is 0 Å². The Bertz CT molecular complexity index is 798. The lowest BCUT2D eigenvalue weighted by Crippen LogP contribution is -2.34. The first-order valence-corrected chi connectivity index (χ1v) is 9.93. The Morgan fingerprint density at radius 2 is 1.59 bits per heavy atom. The predicted molar refractivity (Wildman–Crippen MR) is 109 cm³/mol. The Kier molecular flexibility index (Phi) is 6.31. The second-order valence-electron chi connectivity index (χ2n) is 8.24. The van der Waals surface area contributed by atoms with Crippen LogP contribution in [-0.4, -0.2) is 23.1 Å². The molecule has 0 bridgehead atoms. The minimum Gasteiger partial charge on any atom is -0.392 e. The Morgan fingerprint density at radius 3 is 2.22 bits per heavy atom. The lowest BCUT2D eigenvalue weighted by atomic mass is 9.82. The van der Waals surface area contributed by atoms with E-state index in [2.05, 4.69) is 41.3 Å². The van der Waals surface area contributed by atoms with Gasteiger partial charge in [0.25, 0.3) is 0 Å². The van der Waals surface area contributed by atoms with E-state index in [1.54, 1.807) is 0 Å². The van der Waals surface area contributed by atoms with Gasteiger partial charge in [0, 0.05) is 6.54 Å². The van der Waals surface area contributed by atoms with Gasteiger partial charge >= 0.3 is 0 Å². The number of hydrogen-bond donors (Lipinski definition) is 1. The largest absolute Gasteiger partial charge is 0.392 e. The molecule has 3 heteroatoms. The average molecular weight is 363 g/mol. The highest BCUT2D eigenvalue weighted by Gasteiger charge is 2.25. The van der Waals surface area contributed by atoms with Gasteiger partial charge < -0.3 is 5.11 Å². The molecule has 0 amide bonds. The summed E-state index contributed by atoms with van der Waals surface area (Å²) in [4.78, 5) is 2.51. The third kappa shape index (κ3) is 4.77. The van der Waals surface area contributed by atoms with Crippen LogP contribution in [0.3, 0.4) is 0 Å². The molecule has 0 spiro atoms. The van der Waals surface area contributed by atoms with Gasteiger partial charge in [-0.15, -0.1) is 0 Å². The van der Waals surface area contributed by atoms with Crippen molar-refractivity contribution in [3.63, 3.8) is 0 Å². The van der Waals surface area contributed by atoms with E-state index in [0.717, 1.165) is 37.2 Å². The summed E-state index contributed by atoms with van der Waals surface area (Å²) < 4.78 is 0. The van der Waals surface area contributed by atoms with Gasteiger partial charge in [-0.3, -0.25) is 4.90 Å². The molecule has 0 unspecified atom stereocenters. The standard InChI is InChI=1S/C24H30N2O/c1-24(2,18-25)23-10-6-5-8-21(23)16-26-13-11-19(12-14-26)15-20-7-3-4-9-22(20)17-27/h3-10,19,27H,11-17H2,1-2H3. The van der Waals surface area contributed by atoms with Gasteiger partial charge in [-0.25, -0.2) is 0 Å². The topological polar surface area (TPSA) is 47.3 Å². The van der Waals surface area contributed by atoms with Crippen molar-refractivity contribution in [2.24, 2.45) is 5.92 Å². The molecule has 1 aliphatic rings. The van der Waals surface area contributed by atoms with Crippen molar-refractivity contribution in [2.45, 2.75) is 51.7 Å². The molecule has 2 aromatic rings. The zero-order chi connectivity index (χ0) is 19.3. The zero-order valence-corrected chi connectivity index (χ0v) is 16.5. The minimum atomic E-state index is -0.455. The number of rotatable bonds is 6. The van der Waals surface area contributed by atoms with Crippen LogP contribution in [0.1, 0.15) is 48.9 Å². The quantitative estimate of drug-likeness (QED) is 0.827.